The highest BCUT2D eigenvalue weighted by Gasteiger charge is 2.51. The molecule has 4 nitrogen and oxygen atoms in total. The van der Waals surface area contributed by atoms with E-state index < -0.39 is 5.41 Å². The van der Waals surface area contributed by atoms with Gasteiger partial charge in [0.15, 0.2) is 5.11 Å². The number of carbonyl (C=O) groups excluding carboxylic acids is 2. The first-order chi connectivity index (χ1) is 7.98. The summed E-state index contributed by atoms with van der Waals surface area (Å²) in [6.07, 6.45) is 4.85. The van der Waals surface area contributed by atoms with Gasteiger partial charge in [-0.05, 0) is 31.5 Å². The summed E-state index contributed by atoms with van der Waals surface area (Å²) >= 11 is 4.82. The standard InChI is InChI=1S/C12H18N2O2S/c1-4-6-7-12(8(3)5-2)9(15)13-11(17)14-10(12)16/h4,6,8H,5,7H2,1-3H3,(H2,13,14,15,16,17)/b6-4+/t8-/m0/s1. The van der Waals surface area contributed by atoms with Crippen LogP contribution in [0.15, 0.2) is 12.2 Å². The number of amides is 2. The maximum absolute atomic E-state index is 12.1. The Hall–Kier alpha value is -1.23. The highest BCUT2D eigenvalue weighted by Crippen LogP contribution is 2.36. The molecule has 2 N–H and O–H groups in total. The average molecular weight is 254 g/mol. The third-order valence-electron chi connectivity index (χ3n) is 3.39. The predicted molar refractivity (Wildman–Crippen MR) is 70.2 cm³/mol. The molecule has 0 aromatic rings. The molecule has 1 saturated heterocycles. The van der Waals surface area contributed by atoms with E-state index in [2.05, 4.69) is 10.6 Å². The Kier molecular flexibility index (Phi) is 4.40. The van der Waals surface area contributed by atoms with Crippen LogP contribution in [0.1, 0.15) is 33.6 Å². The van der Waals surface area contributed by atoms with Crippen molar-refractivity contribution in [3.05, 3.63) is 12.2 Å². The summed E-state index contributed by atoms with van der Waals surface area (Å²) in [5, 5.41) is 5.20. The van der Waals surface area contributed by atoms with Gasteiger partial charge in [0.05, 0.1) is 0 Å². The topological polar surface area (TPSA) is 58.2 Å². The van der Waals surface area contributed by atoms with Crippen LogP contribution < -0.4 is 10.6 Å². The number of thiocarbonyl (C=S) groups is 1. The Labute approximate surface area is 107 Å². The van der Waals surface area contributed by atoms with E-state index in [1.54, 1.807) is 0 Å². The van der Waals surface area contributed by atoms with Crippen LogP contribution in [0.25, 0.3) is 0 Å². The number of hydrogen-bond donors (Lipinski definition) is 2. The first kappa shape index (κ1) is 13.8. The quantitative estimate of drug-likeness (QED) is 0.454. The lowest BCUT2D eigenvalue weighted by molar-refractivity contribution is -0.147. The Bertz CT molecular complexity index is 357. The molecule has 1 aliphatic rings. The van der Waals surface area contributed by atoms with Gasteiger partial charge in [-0.15, -0.1) is 0 Å². The lowest BCUT2D eigenvalue weighted by Crippen LogP contribution is -2.64. The van der Waals surface area contributed by atoms with Crippen LogP contribution in [0, 0.1) is 11.3 Å². The summed E-state index contributed by atoms with van der Waals surface area (Å²) < 4.78 is 0. The second-order valence-corrected chi connectivity index (χ2v) is 4.70. The summed E-state index contributed by atoms with van der Waals surface area (Å²) in [6.45, 7) is 5.75. The Morgan fingerprint density at radius 3 is 2.29 bits per heavy atom. The molecular weight excluding hydrogens is 236 g/mol. The fraction of sp³-hybridized carbons (Fsp3) is 0.583. The Balaban J connectivity index is 3.15. The maximum Gasteiger partial charge on any atom is 0.242 e. The van der Waals surface area contributed by atoms with Crippen molar-refractivity contribution in [2.75, 3.05) is 0 Å². The van der Waals surface area contributed by atoms with Crippen molar-refractivity contribution in [3.8, 4) is 0 Å². The van der Waals surface area contributed by atoms with Crippen LogP contribution in [0.5, 0.6) is 0 Å². The molecule has 1 heterocycles. The molecule has 0 saturated carbocycles. The van der Waals surface area contributed by atoms with E-state index in [0.29, 0.717) is 6.42 Å². The van der Waals surface area contributed by atoms with Crippen molar-refractivity contribution >= 4 is 29.1 Å². The molecule has 2 amide bonds. The van der Waals surface area contributed by atoms with Crippen LogP contribution in [0.4, 0.5) is 0 Å². The minimum Gasteiger partial charge on any atom is -0.302 e. The summed E-state index contributed by atoms with van der Waals surface area (Å²) in [4.78, 5) is 24.3. The molecule has 1 aliphatic heterocycles. The van der Waals surface area contributed by atoms with Gasteiger partial charge in [0, 0.05) is 0 Å². The van der Waals surface area contributed by atoms with E-state index in [9.17, 15) is 9.59 Å². The number of rotatable bonds is 4. The molecule has 0 radical (unpaired) electrons. The first-order valence-corrected chi connectivity index (χ1v) is 6.17. The van der Waals surface area contributed by atoms with Gasteiger partial charge in [0.25, 0.3) is 0 Å². The van der Waals surface area contributed by atoms with Gasteiger partial charge >= 0.3 is 0 Å². The number of nitrogens with one attached hydrogen (secondary N) is 2. The Morgan fingerprint density at radius 2 is 1.88 bits per heavy atom. The Morgan fingerprint density at radius 1 is 1.35 bits per heavy atom. The smallest absolute Gasteiger partial charge is 0.242 e. The zero-order chi connectivity index (χ0) is 13.1. The fourth-order valence-electron chi connectivity index (χ4n) is 2.05. The monoisotopic (exact) mass is 254 g/mol. The van der Waals surface area contributed by atoms with Crippen LogP contribution in [0.2, 0.25) is 0 Å². The van der Waals surface area contributed by atoms with Crippen molar-refractivity contribution < 1.29 is 9.59 Å². The number of allylic oxidation sites excluding steroid dienone is 2. The van der Waals surface area contributed by atoms with Crippen LogP contribution in [-0.2, 0) is 9.59 Å². The molecule has 1 fully saturated rings. The minimum atomic E-state index is -1.04. The van der Waals surface area contributed by atoms with E-state index in [1.807, 2.05) is 32.9 Å². The van der Waals surface area contributed by atoms with Crippen molar-refractivity contribution in [1.29, 1.82) is 0 Å². The molecule has 5 heteroatoms. The molecule has 1 rings (SSSR count). The SMILES string of the molecule is C/C=C/CC1([C@@H](C)CC)C(=O)NC(=S)NC1=O. The van der Waals surface area contributed by atoms with Gasteiger partial charge in [0.1, 0.15) is 5.41 Å². The van der Waals surface area contributed by atoms with E-state index in [-0.39, 0.29) is 22.8 Å². The molecule has 0 aliphatic carbocycles. The van der Waals surface area contributed by atoms with Crippen LogP contribution in [-0.4, -0.2) is 16.9 Å². The van der Waals surface area contributed by atoms with Crippen LogP contribution >= 0.6 is 12.2 Å². The van der Waals surface area contributed by atoms with E-state index >= 15 is 0 Å². The predicted octanol–water partition coefficient (Wildman–Crippen LogP) is 1.52. The molecule has 0 aromatic carbocycles. The third-order valence-corrected chi connectivity index (χ3v) is 3.60. The van der Waals surface area contributed by atoms with E-state index in [4.69, 9.17) is 12.2 Å². The van der Waals surface area contributed by atoms with Crippen molar-refractivity contribution in [3.63, 3.8) is 0 Å². The zero-order valence-corrected chi connectivity index (χ0v) is 11.2. The van der Waals surface area contributed by atoms with Gasteiger partial charge in [-0.3, -0.25) is 9.59 Å². The molecule has 0 unspecified atom stereocenters. The number of carbonyl (C=O) groups is 2. The van der Waals surface area contributed by atoms with Gasteiger partial charge < -0.3 is 10.6 Å². The van der Waals surface area contributed by atoms with Crippen molar-refractivity contribution in [2.45, 2.75) is 33.6 Å². The highest BCUT2D eigenvalue weighted by atomic mass is 32.1. The summed E-state index contributed by atoms with van der Waals surface area (Å²) in [5.74, 6) is -0.626. The van der Waals surface area contributed by atoms with Gasteiger partial charge in [-0.1, -0.05) is 32.4 Å². The first-order valence-electron chi connectivity index (χ1n) is 5.77. The molecule has 94 valence electrons. The summed E-state index contributed by atoms with van der Waals surface area (Å²) in [5.41, 5.74) is -1.04. The maximum atomic E-state index is 12.1. The fourth-order valence-corrected chi connectivity index (χ4v) is 2.24. The molecule has 1 atom stereocenters. The van der Waals surface area contributed by atoms with Gasteiger partial charge in [-0.25, -0.2) is 0 Å². The highest BCUT2D eigenvalue weighted by molar-refractivity contribution is 7.80. The lowest BCUT2D eigenvalue weighted by atomic mass is 9.70. The second-order valence-electron chi connectivity index (χ2n) is 4.29. The van der Waals surface area contributed by atoms with E-state index in [1.165, 1.54) is 0 Å². The molecule has 17 heavy (non-hydrogen) atoms. The normalized spacial score (nSPS) is 21.2. The zero-order valence-electron chi connectivity index (χ0n) is 10.4. The minimum absolute atomic E-state index is 0.0400. The molecule has 0 bridgehead atoms. The van der Waals surface area contributed by atoms with Crippen LogP contribution in [0.3, 0.4) is 0 Å². The third kappa shape index (κ3) is 2.39. The van der Waals surface area contributed by atoms with Crippen molar-refractivity contribution in [1.82, 2.24) is 10.6 Å². The van der Waals surface area contributed by atoms with Crippen molar-refractivity contribution in [2.24, 2.45) is 11.3 Å². The molecular formula is C12H18N2O2S. The molecule has 0 aromatic heterocycles. The summed E-state index contributed by atoms with van der Waals surface area (Å²) in [6, 6.07) is 0. The van der Waals surface area contributed by atoms with Gasteiger partial charge in [-0.2, -0.15) is 0 Å². The number of hydrogen-bond acceptors (Lipinski definition) is 3. The largest absolute Gasteiger partial charge is 0.302 e. The summed E-state index contributed by atoms with van der Waals surface area (Å²) in [7, 11) is 0. The average Bonchev–Trinajstić information content (AvgIpc) is 2.27. The van der Waals surface area contributed by atoms with Gasteiger partial charge in [0.2, 0.25) is 11.8 Å². The second kappa shape index (κ2) is 5.40. The van der Waals surface area contributed by atoms with E-state index in [0.717, 1.165) is 6.42 Å². The lowest BCUT2D eigenvalue weighted by Gasteiger charge is -2.38. The molecule has 0 spiro atoms.